The summed E-state index contributed by atoms with van der Waals surface area (Å²) >= 11 is 0. The number of hydrogen-bond donors (Lipinski definition) is 2. The molecule has 0 bridgehead atoms. The van der Waals surface area contributed by atoms with Gasteiger partial charge in [-0.25, -0.2) is 4.98 Å². The molecule has 0 radical (unpaired) electrons. The first-order valence-corrected chi connectivity index (χ1v) is 8.63. The molecule has 1 aliphatic heterocycles. The van der Waals surface area contributed by atoms with Crippen LogP contribution in [0.5, 0.6) is 0 Å². The monoisotopic (exact) mass is 337 g/mol. The van der Waals surface area contributed by atoms with E-state index in [-0.39, 0.29) is 17.9 Å². The summed E-state index contributed by atoms with van der Waals surface area (Å²) in [6, 6.07) is 8.43. The van der Waals surface area contributed by atoms with Crippen molar-refractivity contribution in [2.24, 2.45) is 13.0 Å². The number of benzene rings is 1. The van der Waals surface area contributed by atoms with E-state index in [4.69, 9.17) is 0 Å². The highest BCUT2D eigenvalue weighted by molar-refractivity contribution is 5.82. The van der Waals surface area contributed by atoms with Crippen LogP contribution in [-0.2, 0) is 18.4 Å². The summed E-state index contributed by atoms with van der Waals surface area (Å²) in [4.78, 5) is 21.8. The van der Waals surface area contributed by atoms with Crippen LogP contribution in [0.25, 0.3) is 10.9 Å². The maximum absolute atomic E-state index is 12.2. The molecule has 6 heteroatoms. The first-order valence-electron chi connectivity index (χ1n) is 8.63. The minimum absolute atomic E-state index is 0.0306. The van der Waals surface area contributed by atoms with Gasteiger partial charge in [-0.3, -0.25) is 4.79 Å². The fourth-order valence-corrected chi connectivity index (χ4v) is 3.88. The maximum atomic E-state index is 12.2. The van der Waals surface area contributed by atoms with Crippen molar-refractivity contribution < 1.29 is 4.79 Å². The lowest BCUT2D eigenvalue weighted by Crippen LogP contribution is -2.30. The Labute approximate surface area is 146 Å². The summed E-state index contributed by atoms with van der Waals surface area (Å²) < 4.78 is 2.01. The van der Waals surface area contributed by atoms with E-state index in [9.17, 15) is 4.79 Å². The number of nitrogens with zero attached hydrogens (tertiary/aromatic N) is 3. The molecule has 130 valence electrons. The van der Waals surface area contributed by atoms with Crippen LogP contribution in [0.3, 0.4) is 0 Å². The third kappa shape index (κ3) is 2.82. The van der Waals surface area contributed by atoms with Crippen LogP contribution in [0.4, 0.5) is 0 Å². The minimum atomic E-state index is 0.0306. The number of rotatable bonds is 5. The van der Waals surface area contributed by atoms with Crippen molar-refractivity contribution in [3.8, 4) is 0 Å². The van der Waals surface area contributed by atoms with Crippen molar-refractivity contribution in [3.63, 3.8) is 0 Å². The summed E-state index contributed by atoms with van der Waals surface area (Å²) in [5.74, 6) is 1.37. The summed E-state index contributed by atoms with van der Waals surface area (Å²) in [6.45, 7) is 1.57. The van der Waals surface area contributed by atoms with Gasteiger partial charge in [0.15, 0.2) is 0 Å². The number of fused-ring (bicyclic) bond motifs is 1. The third-order valence-electron chi connectivity index (χ3n) is 5.22. The van der Waals surface area contributed by atoms with Gasteiger partial charge in [-0.1, -0.05) is 12.1 Å². The molecule has 1 aliphatic rings. The number of likely N-dealkylation sites (tertiary alicyclic amines) is 1. The van der Waals surface area contributed by atoms with E-state index in [2.05, 4.69) is 39.6 Å². The summed E-state index contributed by atoms with van der Waals surface area (Å²) in [7, 11) is 3.86. The molecule has 1 saturated heterocycles. The average Bonchev–Trinajstić information content (AvgIpc) is 3.29. The van der Waals surface area contributed by atoms with Gasteiger partial charge in [0, 0.05) is 69.0 Å². The topological polar surface area (TPSA) is 66.0 Å². The Morgan fingerprint density at radius 1 is 1.32 bits per heavy atom. The Kier molecular flexibility index (Phi) is 4.05. The first kappa shape index (κ1) is 15.9. The number of aryl methyl sites for hydroxylation is 1. The molecule has 25 heavy (non-hydrogen) atoms. The molecule has 0 saturated carbocycles. The number of H-pyrrole nitrogens is 1. The predicted molar refractivity (Wildman–Crippen MR) is 96.8 cm³/mol. The summed E-state index contributed by atoms with van der Waals surface area (Å²) in [5, 5.41) is 4.79. The molecule has 2 aromatic heterocycles. The molecule has 1 aromatic carbocycles. The zero-order valence-electron chi connectivity index (χ0n) is 14.6. The largest absolute Gasteiger partial charge is 0.361 e. The van der Waals surface area contributed by atoms with Crippen molar-refractivity contribution >= 4 is 16.8 Å². The third-order valence-corrected chi connectivity index (χ3v) is 5.22. The van der Waals surface area contributed by atoms with E-state index in [1.807, 2.05) is 36.0 Å². The Bertz CT molecular complexity index is 896. The Balaban J connectivity index is 1.47. The molecule has 1 amide bonds. The van der Waals surface area contributed by atoms with Crippen molar-refractivity contribution in [1.82, 2.24) is 24.8 Å². The molecule has 0 unspecified atom stereocenters. The SMILES string of the molecule is CN1C(=O)C[C@H](CNCc2cccc3[nH]ccc23)[C@H]1c1nccn1C. The van der Waals surface area contributed by atoms with Gasteiger partial charge in [-0.2, -0.15) is 0 Å². The van der Waals surface area contributed by atoms with Gasteiger partial charge in [0.25, 0.3) is 0 Å². The smallest absolute Gasteiger partial charge is 0.223 e. The lowest BCUT2D eigenvalue weighted by Gasteiger charge is -2.24. The quantitative estimate of drug-likeness (QED) is 0.750. The number of aromatic amines is 1. The molecule has 0 spiro atoms. The highest BCUT2D eigenvalue weighted by Crippen LogP contribution is 2.35. The Morgan fingerprint density at radius 3 is 3.00 bits per heavy atom. The molecular formula is C19H23N5O. The highest BCUT2D eigenvalue weighted by atomic mass is 16.2. The number of carbonyl (C=O) groups is 1. The molecule has 6 nitrogen and oxygen atoms in total. The van der Waals surface area contributed by atoms with E-state index in [0.717, 1.165) is 24.4 Å². The molecule has 2 N–H and O–H groups in total. The van der Waals surface area contributed by atoms with Gasteiger partial charge in [-0.15, -0.1) is 0 Å². The molecular weight excluding hydrogens is 314 g/mol. The number of carbonyl (C=O) groups excluding carboxylic acids is 1. The lowest BCUT2D eigenvalue weighted by atomic mass is 9.99. The minimum Gasteiger partial charge on any atom is -0.361 e. The number of amides is 1. The van der Waals surface area contributed by atoms with E-state index in [1.165, 1.54) is 10.9 Å². The first-order chi connectivity index (χ1) is 12.1. The zero-order chi connectivity index (χ0) is 17.4. The summed E-state index contributed by atoms with van der Waals surface area (Å²) in [5.41, 5.74) is 2.42. The van der Waals surface area contributed by atoms with E-state index in [1.54, 1.807) is 6.20 Å². The Hall–Kier alpha value is -2.60. The fraction of sp³-hybridized carbons (Fsp3) is 0.368. The van der Waals surface area contributed by atoms with Crippen LogP contribution in [0.1, 0.15) is 23.9 Å². The number of imidazole rings is 1. The normalized spacial score (nSPS) is 20.7. The zero-order valence-corrected chi connectivity index (χ0v) is 14.6. The van der Waals surface area contributed by atoms with E-state index in [0.29, 0.717) is 6.42 Å². The number of hydrogen-bond acceptors (Lipinski definition) is 3. The maximum Gasteiger partial charge on any atom is 0.223 e. The van der Waals surface area contributed by atoms with Crippen molar-refractivity contribution in [3.05, 3.63) is 54.2 Å². The van der Waals surface area contributed by atoms with Gasteiger partial charge in [0.1, 0.15) is 5.82 Å². The molecule has 2 atom stereocenters. The lowest BCUT2D eigenvalue weighted by molar-refractivity contribution is -0.127. The van der Waals surface area contributed by atoms with Gasteiger partial charge in [0.05, 0.1) is 6.04 Å². The van der Waals surface area contributed by atoms with E-state index >= 15 is 0 Å². The molecule has 3 aromatic rings. The fourth-order valence-electron chi connectivity index (χ4n) is 3.88. The Morgan fingerprint density at radius 2 is 2.20 bits per heavy atom. The van der Waals surface area contributed by atoms with Gasteiger partial charge < -0.3 is 19.8 Å². The predicted octanol–water partition coefficient (Wildman–Crippen LogP) is 2.21. The van der Waals surface area contributed by atoms with Crippen LogP contribution in [0.15, 0.2) is 42.9 Å². The van der Waals surface area contributed by atoms with Gasteiger partial charge in [0.2, 0.25) is 5.91 Å². The second-order valence-electron chi connectivity index (χ2n) is 6.80. The van der Waals surface area contributed by atoms with Crippen LogP contribution >= 0.6 is 0 Å². The standard InChI is InChI=1S/C19H23N5O/c1-23-9-8-22-19(23)18-14(10-17(25)24(18)2)12-20-11-13-4-3-5-16-15(13)6-7-21-16/h3-9,14,18,20-21H,10-12H2,1-2H3/t14-,18+/m1/s1. The van der Waals surface area contributed by atoms with Gasteiger partial charge >= 0.3 is 0 Å². The molecule has 3 heterocycles. The van der Waals surface area contributed by atoms with Crippen molar-refractivity contribution in [1.29, 1.82) is 0 Å². The molecule has 4 rings (SSSR count). The van der Waals surface area contributed by atoms with E-state index < -0.39 is 0 Å². The van der Waals surface area contributed by atoms with Crippen molar-refractivity contribution in [2.75, 3.05) is 13.6 Å². The van der Waals surface area contributed by atoms with Crippen LogP contribution in [0, 0.1) is 5.92 Å². The second kappa shape index (κ2) is 6.37. The van der Waals surface area contributed by atoms with Crippen molar-refractivity contribution in [2.45, 2.75) is 19.0 Å². The van der Waals surface area contributed by atoms with Crippen LogP contribution in [-0.4, -0.2) is 38.9 Å². The second-order valence-corrected chi connectivity index (χ2v) is 6.80. The number of aromatic nitrogens is 3. The summed E-state index contributed by atoms with van der Waals surface area (Å²) in [6.07, 6.45) is 6.26. The van der Waals surface area contributed by atoms with Crippen LogP contribution < -0.4 is 5.32 Å². The highest BCUT2D eigenvalue weighted by Gasteiger charge is 2.40. The molecule has 0 aliphatic carbocycles. The van der Waals surface area contributed by atoms with Gasteiger partial charge in [-0.05, 0) is 17.7 Å². The van der Waals surface area contributed by atoms with Crippen LogP contribution in [0.2, 0.25) is 0 Å². The molecule has 1 fully saturated rings. The number of nitrogens with one attached hydrogen (secondary N) is 2. The average molecular weight is 337 g/mol.